The van der Waals surface area contributed by atoms with Crippen LogP contribution in [0, 0.1) is 0 Å². The molecule has 1 aromatic heterocycles. The second-order valence-corrected chi connectivity index (χ2v) is 11.3. The Bertz CT molecular complexity index is 2150. The van der Waals surface area contributed by atoms with Gasteiger partial charge >= 0.3 is 0 Å². The highest BCUT2D eigenvalue weighted by molar-refractivity contribution is 6.07. The van der Waals surface area contributed by atoms with Gasteiger partial charge in [-0.1, -0.05) is 158 Å². The third-order valence-corrected chi connectivity index (χ3v) is 8.36. The Morgan fingerprint density at radius 2 is 1.00 bits per heavy atom. The van der Waals surface area contributed by atoms with Gasteiger partial charge in [-0.05, 0) is 28.5 Å². The van der Waals surface area contributed by atoms with Gasteiger partial charge in [0.05, 0.1) is 23.1 Å². The first-order valence-corrected chi connectivity index (χ1v) is 15.5. The van der Waals surface area contributed by atoms with Crippen molar-refractivity contribution >= 4 is 22.3 Å². The summed E-state index contributed by atoms with van der Waals surface area (Å²) in [5.74, 6) is 1.56. The van der Waals surface area contributed by atoms with Gasteiger partial charge in [0, 0.05) is 27.8 Å². The molecule has 4 heteroatoms. The fraction of sp³-hybridized carbons (Fsp3) is 0.0238. The Balaban J connectivity index is 1.30. The van der Waals surface area contributed by atoms with Gasteiger partial charge in [-0.3, -0.25) is 0 Å². The lowest BCUT2D eigenvalue weighted by atomic mass is 9.94. The van der Waals surface area contributed by atoms with Crippen molar-refractivity contribution in [3.63, 3.8) is 0 Å². The van der Waals surface area contributed by atoms with Crippen LogP contribution in [-0.4, -0.2) is 15.8 Å². The summed E-state index contributed by atoms with van der Waals surface area (Å²) in [7, 11) is 0. The van der Waals surface area contributed by atoms with Crippen molar-refractivity contribution in [2.45, 2.75) is 6.04 Å². The molecule has 6 aromatic carbocycles. The highest BCUT2D eigenvalue weighted by Crippen LogP contribution is 2.37. The van der Waals surface area contributed by atoms with E-state index >= 15 is 0 Å². The van der Waals surface area contributed by atoms with E-state index < -0.39 is 0 Å². The van der Waals surface area contributed by atoms with E-state index in [1.807, 2.05) is 54.6 Å². The van der Waals surface area contributed by atoms with Crippen LogP contribution in [0.15, 0.2) is 175 Å². The molecule has 0 saturated heterocycles. The number of hydrogen-bond acceptors (Lipinski definition) is 4. The quantitative estimate of drug-likeness (QED) is 0.210. The second kappa shape index (κ2) is 12.1. The molecule has 7 aromatic rings. The summed E-state index contributed by atoms with van der Waals surface area (Å²) >= 11 is 0. The molecule has 1 aliphatic heterocycles. The average Bonchev–Trinajstić information content (AvgIpc) is 3.15. The fourth-order valence-electron chi connectivity index (χ4n) is 6.09. The number of benzene rings is 6. The molecule has 0 bridgehead atoms. The zero-order chi connectivity index (χ0) is 30.7. The maximum Gasteiger partial charge on any atom is 0.160 e. The molecule has 218 valence electrons. The molecule has 2 heterocycles. The molecule has 4 nitrogen and oxygen atoms in total. The number of aromatic nitrogens is 2. The van der Waals surface area contributed by atoms with Crippen molar-refractivity contribution in [3.05, 3.63) is 187 Å². The first-order valence-electron chi connectivity index (χ1n) is 15.5. The maximum absolute atomic E-state index is 5.20. The van der Waals surface area contributed by atoms with Gasteiger partial charge in [0.25, 0.3) is 0 Å². The highest BCUT2D eigenvalue weighted by atomic mass is 15.0. The molecule has 8 rings (SSSR count). The zero-order valence-corrected chi connectivity index (χ0v) is 25.1. The van der Waals surface area contributed by atoms with Crippen LogP contribution in [0.25, 0.3) is 50.4 Å². The monoisotopic (exact) mass is 590 g/mol. The van der Waals surface area contributed by atoms with Crippen LogP contribution >= 0.6 is 0 Å². The van der Waals surface area contributed by atoms with Crippen LogP contribution in [0.3, 0.4) is 0 Å². The number of nitrogens with zero attached hydrogens (tertiary/aromatic N) is 3. The van der Waals surface area contributed by atoms with Crippen molar-refractivity contribution < 1.29 is 0 Å². The van der Waals surface area contributed by atoms with E-state index in [0.29, 0.717) is 5.82 Å². The fourth-order valence-corrected chi connectivity index (χ4v) is 6.09. The van der Waals surface area contributed by atoms with Gasteiger partial charge in [0.15, 0.2) is 5.82 Å². The van der Waals surface area contributed by atoms with Gasteiger partial charge in [-0.2, -0.15) is 0 Å². The molecular formula is C42H30N4. The lowest BCUT2D eigenvalue weighted by Crippen LogP contribution is -2.31. The molecule has 1 atom stereocenters. The van der Waals surface area contributed by atoms with Crippen LogP contribution in [0.4, 0.5) is 0 Å². The number of nitrogens with one attached hydrogen (secondary N) is 1. The third kappa shape index (κ3) is 5.37. The molecule has 0 fully saturated rings. The summed E-state index contributed by atoms with van der Waals surface area (Å²) in [6.07, 6.45) is 2.23. The molecule has 46 heavy (non-hydrogen) atoms. The van der Waals surface area contributed by atoms with Crippen LogP contribution < -0.4 is 5.32 Å². The Morgan fingerprint density at radius 1 is 0.457 bits per heavy atom. The van der Waals surface area contributed by atoms with E-state index in [9.17, 15) is 0 Å². The predicted molar refractivity (Wildman–Crippen MR) is 189 cm³/mol. The summed E-state index contributed by atoms with van der Waals surface area (Å²) in [6.45, 7) is 0. The van der Waals surface area contributed by atoms with Crippen LogP contribution in [-0.2, 0) is 0 Å². The van der Waals surface area contributed by atoms with Crippen LogP contribution in [0.1, 0.15) is 22.7 Å². The molecule has 1 aliphatic rings. The molecule has 1 N–H and O–H groups in total. The van der Waals surface area contributed by atoms with Crippen molar-refractivity contribution in [2.75, 3.05) is 0 Å². The second-order valence-electron chi connectivity index (χ2n) is 11.3. The summed E-state index contributed by atoms with van der Waals surface area (Å²) in [6, 6.07) is 56.4. The molecule has 0 amide bonds. The minimum absolute atomic E-state index is 0.0222. The van der Waals surface area contributed by atoms with Gasteiger partial charge in [-0.15, -0.1) is 0 Å². The van der Waals surface area contributed by atoms with E-state index in [1.165, 1.54) is 5.56 Å². The third-order valence-electron chi connectivity index (χ3n) is 8.36. The van der Waals surface area contributed by atoms with Crippen molar-refractivity contribution in [2.24, 2.45) is 4.99 Å². The largest absolute Gasteiger partial charge is 0.359 e. The lowest BCUT2D eigenvalue weighted by Gasteiger charge is -2.25. The Hall–Kier alpha value is -6.13. The SMILES string of the molecule is C1=C(c2cccc3c(-c4cc(-c5ccccc5)nc(-c5ccccc5)n4)cccc23)N=C(c2ccccc2)NC1c1ccccc1. The Morgan fingerprint density at radius 3 is 1.67 bits per heavy atom. The number of fused-ring (bicyclic) bond motifs is 1. The molecule has 0 saturated carbocycles. The summed E-state index contributed by atoms with van der Waals surface area (Å²) < 4.78 is 0. The zero-order valence-electron chi connectivity index (χ0n) is 25.1. The molecular weight excluding hydrogens is 560 g/mol. The topological polar surface area (TPSA) is 50.2 Å². The van der Waals surface area contributed by atoms with Crippen molar-refractivity contribution in [1.82, 2.24) is 15.3 Å². The van der Waals surface area contributed by atoms with Crippen LogP contribution in [0.5, 0.6) is 0 Å². The van der Waals surface area contributed by atoms with Gasteiger partial charge in [-0.25, -0.2) is 15.0 Å². The Kier molecular flexibility index (Phi) is 7.21. The van der Waals surface area contributed by atoms with E-state index in [4.69, 9.17) is 15.0 Å². The first-order chi connectivity index (χ1) is 22.8. The minimum Gasteiger partial charge on any atom is -0.359 e. The molecule has 0 aliphatic carbocycles. The van der Waals surface area contributed by atoms with E-state index in [0.717, 1.165) is 61.5 Å². The summed E-state index contributed by atoms with van der Waals surface area (Å²) in [4.78, 5) is 15.3. The van der Waals surface area contributed by atoms with Crippen molar-refractivity contribution in [3.8, 4) is 33.9 Å². The standard InChI is InChI=1S/C42H30N4/c1-5-15-29(16-6-1)37-27-39(45-41(43-37)31-19-9-3-10-20-31)35-25-13-24-34-33(35)23-14-26-36(34)40-28-38(30-17-7-2-8-18-30)44-42(46-40)32-21-11-4-12-22-32/h1-28,37H,(H,43,45). The van der Waals surface area contributed by atoms with Crippen LogP contribution in [0.2, 0.25) is 0 Å². The molecule has 0 radical (unpaired) electrons. The Labute approximate surface area is 268 Å². The molecule has 0 spiro atoms. The minimum atomic E-state index is -0.0222. The summed E-state index contributed by atoms with van der Waals surface area (Å²) in [5.41, 5.74) is 9.12. The smallest absolute Gasteiger partial charge is 0.160 e. The maximum atomic E-state index is 5.20. The predicted octanol–water partition coefficient (Wildman–Crippen LogP) is 9.76. The van der Waals surface area contributed by atoms with Gasteiger partial charge < -0.3 is 5.32 Å². The number of hydrogen-bond donors (Lipinski definition) is 1. The number of rotatable bonds is 6. The molecule has 1 unspecified atom stereocenters. The van der Waals surface area contributed by atoms with E-state index in [2.05, 4.69) is 121 Å². The van der Waals surface area contributed by atoms with Gasteiger partial charge in [0.1, 0.15) is 5.84 Å². The summed E-state index contributed by atoms with van der Waals surface area (Å²) in [5, 5.41) is 5.91. The average molecular weight is 591 g/mol. The first kappa shape index (κ1) is 27.4. The van der Waals surface area contributed by atoms with E-state index in [-0.39, 0.29) is 6.04 Å². The highest BCUT2D eigenvalue weighted by Gasteiger charge is 2.21. The number of aliphatic imine (C=N–C) groups is 1. The van der Waals surface area contributed by atoms with E-state index in [1.54, 1.807) is 0 Å². The normalized spacial score (nSPS) is 14.3. The van der Waals surface area contributed by atoms with Gasteiger partial charge in [0.2, 0.25) is 0 Å². The van der Waals surface area contributed by atoms with Crippen molar-refractivity contribution in [1.29, 1.82) is 0 Å². The lowest BCUT2D eigenvalue weighted by molar-refractivity contribution is 0.781. The number of amidine groups is 1.